The third-order valence-electron chi connectivity index (χ3n) is 4.05. The summed E-state index contributed by atoms with van der Waals surface area (Å²) in [6, 6.07) is 12.3. The van der Waals surface area contributed by atoms with E-state index in [4.69, 9.17) is 4.74 Å². The average molecular weight is 395 g/mol. The highest BCUT2D eigenvalue weighted by atomic mass is 16.5. The van der Waals surface area contributed by atoms with Gasteiger partial charge in [-0.1, -0.05) is 104 Å². The molecule has 1 heterocycles. The minimum atomic E-state index is 0.0566. The van der Waals surface area contributed by atoms with Crippen molar-refractivity contribution in [1.29, 1.82) is 0 Å². The third kappa shape index (κ3) is 6.85. The summed E-state index contributed by atoms with van der Waals surface area (Å²) in [6.45, 7) is 28.1. The first-order chi connectivity index (χ1) is 14.2. The summed E-state index contributed by atoms with van der Waals surface area (Å²) >= 11 is 0. The molecule has 0 N–H and O–H groups in total. The molecule has 0 bridgehead atoms. The van der Waals surface area contributed by atoms with E-state index in [0.29, 0.717) is 0 Å². The Labute approximate surface area is 181 Å². The molecular formula is C26H42BNO. The molecule has 0 radical (unpaired) electrons. The molecule has 0 amide bonds. The Bertz CT molecular complexity index is 665. The van der Waals surface area contributed by atoms with Crippen LogP contribution in [-0.4, -0.2) is 11.7 Å². The highest BCUT2D eigenvalue weighted by Crippen LogP contribution is 2.27. The molecule has 0 spiro atoms. The predicted molar refractivity (Wildman–Crippen MR) is 135 cm³/mol. The Kier molecular flexibility index (Phi) is 16.4. The minimum Gasteiger partial charge on any atom is -0.458 e. The first kappa shape index (κ1) is 28.8. The van der Waals surface area contributed by atoms with Gasteiger partial charge in [0.15, 0.2) is 0 Å². The molecule has 2 aromatic rings. The van der Waals surface area contributed by atoms with Crippen molar-refractivity contribution < 1.29 is 4.74 Å². The van der Waals surface area contributed by atoms with Crippen LogP contribution in [0.25, 0.3) is 0 Å². The van der Waals surface area contributed by atoms with Crippen molar-refractivity contribution in [2.75, 3.05) is 0 Å². The van der Waals surface area contributed by atoms with Gasteiger partial charge in [0.05, 0.1) is 0 Å². The third-order valence-corrected chi connectivity index (χ3v) is 4.05. The van der Waals surface area contributed by atoms with E-state index in [0.717, 1.165) is 11.5 Å². The highest BCUT2D eigenvalue weighted by molar-refractivity contribution is 6.85. The minimum absolute atomic E-state index is 0.0566. The average Bonchev–Trinajstić information content (AvgIpc) is 2.80. The number of hydrogen-bond donors (Lipinski definition) is 0. The van der Waals surface area contributed by atoms with E-state index < -0.39 is 0 Å². The van der Waals surface area contributed by atoms with Gasteiger partial charge in [0.25, 0.3) is 0 Å². The van der Waals surface area contributed by atoms with E-state index >= 15 is 0 Å². The van der Waals surface area contributed by atoms with Crippen LogP contribution in [0.5, 0.6) is 11.5 Å². The Morgan fingerprint density at radius 2 is 1.03 bits per heavy atom. The standard InChI is InChI=1S/C18H18BNO.4C2H6/c1-5-20(6-2)19-17-13(3)9-7-11-15(17)21-16-12-8-10-14(4)18(16)19;4*1-2/h5-12H,1-2H2,3-4H3;4*1-2H3. The van der Waals surface area contributed by atoms with Gasteiger partial charge < -0.3 is 9.55 Å². The quantitative estimate of drug-likeness (QED) is 0.509. The second-order valence-electron chi connectivity index (χ2n) is 5.29. The van der Waals surface area contributed by atoms with Gasteiger partial charge >= 0.3 is 6.85 Å². The topological polar surface area (TPSA) is 12.5 Å². The van der Waals surface area contributed by atoms with E-state index in [2.05, 4.69) is 39.1 Å². The molecular weight excluding hydrogens is 353 g/mol. The number of rotatable bonds is 3. The summed E-state index contributed by atoms with van der Waals surface area (Å²) in [5.74, 6) is 1.82. The fourth-order valence-electron chi connectivity index (χ4n) is 3.03. The normalized spacial score (nSPS) is 9.52. The van der Waals surface area contributed by atoms with E-state index in [9.17, 15) is 0 Å². The number of benzene rings is 2. The summed E-state index contributed by atoms with van der Waals surface area (Å²) in [5.41, 5.74) is 4.78. The van der Waals surface area contributed by atoms with Gasteiger partial charge in [0, 0.05) is 0 Å². The fourth-order valence-corrected chi connectivity index (χ4v) is 3.03. The molecule has 2 nitrogen and oxygen atoms in total. The Morgan fingerprint density at radius 1 is 0.690 bits per heavy atom. The molecule has 0 saturated carbocycles. The molecule has 0 unspecified atom stereocenters. The number of nitrogens with zero attached hydrogens (tertiary/aromatic N) is 1. The van der Waals surface area contributed by atoms with Crippen LogP contribution in [-0.2, 0) is 0 Å². The van der Waals surface area contributed by atoms with Gasteiger partial charge in [-0.25, -0.2) is 0 Å². The Morgan fingerprint density at radius 3 is 1.34 bits per heavy atom. The molecule has 3 heteroatoms. The lowest BCUT2D eigenvalue weighted by molar-refractivity contribution is 0.485. The summed E-state index contributed by atoms with van der Waals surface area (Å²) in [5, 5.41) is 0. The van der Waals surface area contributed by atoms with Gasteiger partial charge in [-0.15, -0.1) is 0 Å². The first-order valence-electron chi connectivity index (χ1n) is 11.1. The summed E-state index contributed by atoms with van der Waals surface area (Å²) in [6.07, 6.45) is 3.63. The van der Waals surface area contributed by atoms with Crippen LogP contribution in [0.4, 0.5) is 0 Å². The first-order valence-corrected chi connectivity index (χ1v) is 11.1. The maximum Gasteiger partial charge on any atom is 0.335 e. The largest absolute Gasteiger partial charge is 0.458 e. The van der Waals surface area contributed by atoms with E-state index in [1.807, 2.05) is 96.9 Å². The van der Waals surface area contributed by atoms with Crippen molar-refractivity contribution in [3.05, 3.63) is 73.1 Å². The monoisotopic (exact) mass is 395 g/mol. The molecule has 3 rings (SSSR count). The molecule has 160 valence electrons. The molecule has 0 atom stereocenters. The Hall–Kier alpha value is -2.42. The van der Waals surface area contributed by atoms with Crippen molar-refractivity contribution in [1.82, 2.24) is 4.81 Å². The lowest BCUT2D eigenvalue weighted by Gasteiger charge is -2.33. The molecule has 29 heavy (non-hydrogen) atoms. The van der Waals surface area contributed by atoms with Crippen molar-refractivity contribution >= 4 is 17.8 Å². The zero-order chi connectivity index (χ0) is 23.0. The van der Waals surface area contributed by atoms with Crippen LogP contribution in [0.3, 0.4) is 0 Å². The maximum atomic E-state index is 6.11. The van der Waals surface area contributed by atoms with Crippen molar-refractivity contribution in [2.45, 2.75) is 69.2 Å². The summed E-state index contributed by atoms with van der Waals surface area (Å²) in [7, 11) is 0. The molecule has 0 saturated heterocycles. The van der Waals surface area contributed by atoms with Crippen LogP contribution in [0.1, 0.15) is 66.5 Å². The lowest BCUT2D eigenvalue weighted by atomic mass is 9.46. The van der Waals surface area contributed by atoms with E-state index in [1.54, 1.807) is 0 Å². The summed E-state index contributed by atoms with van der Waals surface area (Å²) in [4.78, 5) is 2.04. The molecule has 1 aliphatic rings. The van der Waals surface area contributed by atoms with Gasteiger partial charge in [-0.2, -0.15) is 0 Å². The second-order valence-corrected chi connectivity index (χ2v) is 5.29. The fraction of sp³-hybridized carbons (Fsp3) is 0.385. The number of hydrogen-bond acceptors (Lipinski definition) is 2. The summed E-state index contributed by atoms with van der Waals surface area (Å²) < 4.78 is 6.11. The smallest absolute Gasteiger partial charge is 0.335 e. The molecule has 0 aliphatic carbocycles. The molecule has 2 aromatic carbocycles. The number of aryl methyl sites for hydroxylation is 2. The van der Waals surface area contributed by atoms with Crippen LogP contribution in [0, 0.1) is 13.8 Å². The zero-order valence-corrected chi connectivity index (χ0v) is 20.5. The number of ether oxygens (including phenoxy) is 1. The van der Waals surface area contributed by atoms with Gasteiger partial charge in [0.2, 0.25) is 0 Å². The van der Waals surface area contributed by atoms with Crippen LogP contribution in [0.2, 0.25) is 0 Å². The van der Waals surface area contributed by atoms with E-state index in [-0.39, 0.29) is 6.85 Å². The molecule has 0 aromatic heterocycles. The number of fused-ring (bicyclic) bond motifs is 2. The predicted octanol–water partition coefficient (Wildman–Crippen LogP) is 7.21. The SMILES string of the molecule is C=CN(C=C)B1c2c(C)cccc2Oc2cccc(C)c21.CC.CC.CC.CC. The van der Waals surface area contributed by atoms with E-state index in [1.165, 1.54) is 22.1 Å². The molecule has 0 fully saturated rings. The maximum absolute atomic E-state index is 6.11. The van der Waals surface area contributed by atoms with Crippen LogP contribution >= 0.6 is 0 Å². The Balaban J connectivity index is 0. The van der Waals surface area contributed by atoms with Gasteiger partial charge in [-0.3, -0.25) is 0 Å². The van der Waals surface area contributed by atoms with Crippen LogP contribution < -0.4 is 15.7 Å². The van der Waals surface area contributed by atoms with Crippen LogP contribution in [0.15, 0.2) is 62.0 Å². The van der Waals surface area contributed by atoms with Gasteiger partial charge in [-0.05, 0) is 49.3 Å². The van der Waals surface area contributed by atoms with Crippen molar-refractivity contribution in [2.24, 2.45) is 0 Å². The zero-order valence-electron chi connectivity index (χ0n) is 20.5. The van der Waals surface area contributed by atoms with Gasteiger partial charge in [0.1, 0.15) is 11.5 Å². The van der Waals surface area contributed by atoms with Crippen molar-refractivity contribution in [3.8, 4) is 11.5 Å². The van der Waals surface area contributed by atoms with Crippen molar-refractivity contribution in [3.63, 3.8) is 0 Å². The second kappa shape index (κ2) is 16.5. The molecule has 1 aliphatic heterocycles. The highest BCUT2D eigenvalue weighted by Gasteiger charge is 2.36. The lowest BCUT2D eigenvalue weighted by Crippen LogP contribution is -2.56.